The number of halogens is 3. The Morgan fingerprint density at radius 1 is 1.00 bits per heavy atom. The van der Waals surface area contributed by atoms with Crippen LogP contribution in [0.3, 0.4) is 0 Å². The molecular formula is C16H13F3N2O2. The highest BCUT2D eigenvalue weighted by molar-refractivity contribution is 5.97. The average molecular weight is 322 g/mol. The second-order valence-corrected chi connectivity index (χ2v) is 4.92. The van der Waals surface area contributed by atoms with Gasteiger partial charge in [0, 0.05) is 18.1 Å². The van der Waals surface area contributed by atoms with Gasteiger partial charge in [0.2, 0.25) is 5.91 Å². The minimum atomic E-state index is -1.14. The maximum atomic E-state index is 13.1. The molecule has 0 saturated carbocycles. The molecule has 0 spiro atoms. The third kappa shape index (κ3) is 4.57. The molecule has 3 N–H and O–H groups in total. The first-order chi connectivity index (χ1) is 10.8. The molecule has 1 atom stereocenters. The van der Waals surface area contributed by atoms with Crippen LogP contribution in [-0.2, 0) is 11.2 Å². The van der Waals surface area contributed by atoms with E-state index in [-0.39, 0.29) is 12.0 Å². The van der Waals surface area contributed by atoms with Crippen LogP contribution in [0.2, 0.25) is 0 Å². The van der Waals surface area contributed by atoms with Crippen molar-refractivity contribution < 1.29 is 22.8 Å². The van der Waals surface area contributed by atoms with Crippen LogP contribution < -0.4 is 11.1 Å². The van der Waals surface area contributed by atoms with Crippen molar-refractivity contribution in [1.82, 2.24) is 5.32 Å². The maximum absolute atomic E-state index is 13.1. The van der Waals surface area contributed by atoms with Crippen LogP contribution in [-0.4, -0.2) is 17.9 Å². The molecule has 7 heteroatoms. The van der Waals surface area contributed by atoms with Gasteiger partial charge in [0.05, 0.1) is 0 Å². The monoisotopic (exact) mass is 322 g/mol. The van der Waals surface area contributed by atoms with Gasteiger partial charge >= 0.3 is 0 Å². The predicted octanol–water partition coefficient (Wildman–Crippen LogP) is 1.93. The van der Waals surface area contributed by atoms with Crippen LogP contribution >= 0.6 is 0 Å². The van der Waals surface area contributed by atoms with E-state index in [9.17, 15) is 22.8 Å². The maximum Gasteiger partial charge on any atom is 0.252 e. The summed E-state index contributed by atoms with van der Waals surface area (Å²) in [4.78, 5) is 23.4. The zero-order valence-corrected chi connectivity index (χ0v) is 11.9. The van der Waals surface area contributed by atoms with E-state index in [2.05, 4.69) is 5.32 Å². The number of amides is 2. The number of carbonyl (C=O) groups excluding carboxylic acids is 2. The molecule has 2 amide bonds. The molecule has 4 nitrogen and oxygen atoms in total. The molecule has 2 aromatic rings. The quantitative estimate of drug-likeness (QED) is 0.883. The lowest BCUT2D eigenvalue weighted by molar-refractivity contribution is -0.119. The van der Waals surface area contributed by atoms with Crippen molar-refractivity contribution in [2.45, 2.75) is 12.5 Å². The first kappa shape index (κ1) is 16.5. The molecule has 0 bridgehead atoms. The molecule has 0 aliphatic heterocycles. The summed E-state index contributed by atoms with van der Waals surface area (Å²) in [5.41, 5.74) is 5.37. The van der Waals surface area contributed by atoms with Crippen LogP contribution in [0.5, 0.6) is 0 Å². The first-order valence-corrected chi connectivity index (χ1v) is 6.66. The van der Waals surface area contributed by atoms with Crippen LogP contribution in [0.25, 0.3) is 0 Å². The number of carbonyl (C=O) groups is 2. The largest absolute Gasteiger partial charge is 0.368 e. The third-order valence-electron chi connectivity index (χ3n) is 3.10. The van der Waals surface area contributed by atoms with Gasteiger partial charge in [0.15, 0.2) is 0 Å². The van der Waals surface area contributed by atoms with E-state index in [0.717, 1.165) is 12.1 Å². The highest BCUT2D eigenvalue weighted by Crippen LogP contribution is 2.10. The third-order valence-corrected chi connectivity index (χ3v) is 3.10. The van der Waals surface area contributed by atoms with Crippen LogP contribution in [0.4, 0.5) is 13.2 Å². The predicted molar refractivity (Wildman–Crippen MR) is 76.9 cm³/mol. The zero-order chi connectivity index (χ0) is 17.0. The van der Waals surface area contributed by atoms with Gasteiger partial charge in [-0.15, -0.1) is 0 Å². The molecule has 0 unspecified atom stereocenters. The minimum absolute atomic E-state index is 0.0450. The summed E-state index contributed by atoms with van der Waals surface area (Å²) in [7, 11) is 0. The zero-order valence-electron chi connectivity index (χ0n) is 11.9. The molecular weight excluding hydrogens is 309 g/mol. The first-order valence-electron chi connectivity index (χ1n) is 6.66. The number of benzene rings is 2. The number of hydrogen-bond donors (Lipinski definition) is 2. The topological polar surface area (TPSA) is 72.2 Å². The average Bonchev–Trinajstić information content (AvgIpc) is 2.45. The lowest BCUT2D eigenvalue weighted by atomic mass is 10.0. The van der Waals surface area contributed by atoms with Crippen molar-refractivity contribution in [2.24, 2.45) is 5.73 Å². The van der Waals surface area contributed by atoms with Gasteiger partial charge in [-0.25, -0.2) is 13.2 Å². The van der Waals surface area contributed by atoms with E-state index in [0.29, 0.717) is 11.6 Å². The molecule has 0 aromatic heterocycles. The van der Waals surface area contributed by atoms with Gasteiger partial charge < -0.3 is 11.1 Å². The van der Waals surface area contributed by atoms with Crippen LogP contribution in [0.1, 0.15) is 15.9 Å². The van der Waals surface area contributed by atoms with E-state index in [1.54, 1.807) is 6.07 Å². The molecule has 23 heavy (non-hydrogen) atoms. The van der Waals surface area contributed by atoms with E-state index in [1.165, 1.54) is 18.2 Å². The fourth-order valence-electron chi connectivity index (χ4n) is 2.05. The number of nitrogens with two attached hydrogens (primary N) is 1. The van der Waals surface area contributed by atoms with Gasteiger partial charge in [-0.1, -0.05) is 12.1 Å². The Kier molecular flexibility index (Phi) is 5.00. The number of primary amides is 1. The fraction of sp³-hybridized carbons (Fsp3) is 0.125. The van der Waals surface area contributed by atoms with Gasteiger partial charge in [-0.2, -0.15) is 0 Å². The molecule has 0 heterocycles. The van der Waals surface area contributed by atoms with E-state index in [4.69, 9.17) is 5.73 Å². The molecule has 0 aliphatic carbocycles. The second-order valence-electron chi connectivity index (χ2n) is 4.92. The summed E-state index contributed by atoms with van der Waals surface area (Å²) in [6.07, 6.45) is -0.0450. The Hall–Kier alpha value is -2.83. The second kappa shape index (κ2) is 6.95. The number of rotatable bonds is 5. The van der Waals surface area contributed by atoms with Crippen molar-refractivity contribution >= 4 is 11.8 Å². The minimum Gasteiger partial charge on any atom is -0.368 e. The number of nitrogens with one attached hydrogen (secondary N) is 1. The summed E-state index contributed by atoms with van der Waals surface area (Å²) in [6, 6.07) is 6.59. The molecule has 120 valence electrons. The molecule has 0 fully saturated rings. The molecule has 2 rings (SSSR count). The molecule has 2 aromatic carbocycles. The van der Waals surface area contributed by atoms with Gasteiger partial charge in [-0.05, 0) is 29.8 Å². The smallest absolute Gasteiger partial charge is 0.252 e. The summed E-state index contributed by atoms with van der Waals surface area (Å²) in [5.74, 6) is -4.04. The van der Waals surface area contributed by atoms with E-state index in [1.807, 2.05) is 0 Å². The Morgan fingerprint density at radius 3 is 2.22 bits per heavy atom. The van der Waals surface area contributed by atoms with Crippen molar-refractivity contribution in [3.8, 4) is 0 Å². The van der Waals surface area contributed by atoms with E-state index >= 15 is 0 Å². The Morgan fingerprint density at radius 2 is 1.65 bits per heavy atom. The Balaban J connectivity index is 2.15. The van der Waals surface area contributed by atoms with Gasteiger partial charge in [-0.3, -0.25) is 9.59 Å². The van der Waals surface area contributed by atoms with Crippen LogP contribution in [0.15, 0.2) is 42.5 Å². The summed E-state index contributed by atoms with van der Waals surface area (Å²) >= 11 is 0. The molecule has 0 aliphatic rings. The molecule has 0 saturated heterocycles. The standard InChI is InChI=1S/C16H13F3N2O2/c17-11-3-1-2-9(4-11)5-14(15(20)22)21-16(23)10-6-12(18)8-13(19)7-10/h1-4,6-8,14H,5H2,(H2,20,22)(H,21,23)/t14-/m1/s1. The Labute approximate surface area is 130 Å². The van der Waals surface area contributed by atoms with Gasteiger partial charge in [0.25, 0.3) is 5.91 Å². The highest BCUT2D eigenvalue weighted by atomic mass is 19.1. The fourth-order valence-corrected chi connectivity index (χ4v) is 2.05. The van der Waals surface area contributed by atoms with Gasteiger partial charge in [0.1, 0.15) is 23.5 Å². The van der Waals surface area contributed by atoms with Crippen molar-refractivity contribution in [3.05, 3.63) is 71.0 Å². The summed E-state index contributed by atoms with van der Waals surface area (Å²) in [5, 5.41) is 2.29. The van der Waals surface area contributed by atoms with E-state index < -0.39 is 35.3 Å². The summed E-state index contributed by atoms with van der Waals surface area (Å²) < 4.78 is 39.4. The van der Waals surface area contributed by atoms with Crippen molar-refractivity contribution in [3.63, 3.8) is 0 Å². The summed E-state index contributed by atoms with van der Waals surface area (Å²) in [6.45, 7) is 0. The number of hydrogen-bond acceptors (Lipinski definition) is 2. The SMILES string of the molecule is NC(=O)[C@@H](Cc1cccc(F)c1)NC(=O)c1cc(F)cc(F)c1. The lowest BCUT2D eigenvalue weighted by Gasteiger charge is -2.16. The molecule has 0 radical (unpaired) electrons. The lowest BCUT2D eigenvalue weighted by Crippen LogP contribution is -2.45. The van der Waals surface area contributed by atoms with Crippen molar-refractivity contribution in [1.29, 1.82) is 0 Å². The van der Waals surface area contributed by atoms with Crippen molar-refractivity contribution in [2.75, 3.05) is 0 Å². The van der Waals surface area contributed by atoms with Crippen LogP contribution in [0, 0.1) is 17.5 Å². The highest BCUT2D eigenvalue weighted by Gasteiger charge is 2.20. The Bertz CT molecular complexity index is 730. The normalized spacial score (nSPS) is 11.8.